The first-order valence-corrected chi connectivity index (χ1v) is 18.1. The summed E-state index contributed by atoms with van der Waals surface area (Å²) in [6, 6.07) is 64.9. The van der Waals surface area contributed by atoms with Crippen molar-refractivity contribution >= 4 is 57.2 Å². The molecule has 0 saturated heterocycles. The predicted molar refractivity (Wildman–Crippen MR) is 218 cm³/mol. The summed E-state index contributed by atoms with van der Waals surface area (Å²) in [6.07, 6.45) is 0. The van der Waals surface area contributed by atoms with Gasteiger partial charge in [-0.25, -0.2) is 0 Å². The number of anilines is 6. The van der Waals surface area contributed by atoms with E-state index in [0.717, 1.165) is 0 Å². The van der Waals surface area contributed by atoms with E-state index in [1.807, 2.05) is 0 Å². The van der Waals surface area contributed by atoms with Crippen LogP contribution in [0.2, 0.25) is 0 Å². The molecule has 0 fully saturated rings. The van der Waals surface area contributed by atoms with Gasteiger partial charge in [-0.3, -0.25) is 0 Å². The number of nitrogens with zero attached hydrogens (tertiary/aromatic N) is 2. The fourth-order valence-corrected chi connectivity index (χ4v) is 8.62. The monoisotopic (exact) mass is 656 g/mol. The third-order valence-electron chi connectivity index (χ3n) is 11.4. The Morgan fingerprint density at radius 2 is 0.882 bits per heavy atom. The lowest BCUT2D eigenvalue weighted by Crippen LogP contribution is -2.61. The van der Waals surface area contributed by atoms with Crippen LogP contribution in [0.25, 0.3) is 0 Å². The van der Waals surface area contributed by atoms with Gasteiger partial charge < -0.3 is 9.80 Å². The summed E-state index contributed by atoms with van der Waals surface area (Å²) in [4.78, 5) is 5.02. The molecule has 2 aliphatic heterocycles. The molecule has 0 radical (unpaired) electrons. The summed E-state index contributed by atoms with van der Waals surface area (Å²) in [5.74, 6) is 0. The Bertz CT molecular complexity index is 2380. The zero-order valence-electron chi connectivity index (χ0n) is 29.7. The molecular weight excluding hydrogens is 615 g/mol. The highest BCUT2D eigenvalue weighted by Gasteiger charge is 2.44. The molecule has 0 bridgehead atoms. The lowest BCUT2D eigenvalue weighted by Gasteiger charge is -2.45. The van der Waals surface area contributed by atoms with E-state index in [-0.39, 0.29) is 17.5 Å². The lowest BCUT2D eigenvalue weighted by atomic mass is 9.33. The maximum atomic E-state index is 2.56. The zero-order chi connectivity index (χ0) is 34.7. The van der Waals surface area contributed by atoms with Crippen LogP contribution in [-0.2, 0) is 10.8 Å². The van der Waals surface area contributed by atoms with Crippen LogP contribution in [0.4, 0.5) is 34.1 Å². The second kappa shape index (κ2) is 11.9. The SMILES string of the molecule is CC(C)(c1ccccc1)c1ccc2c(c1)B1c3ccccc3N(c3ccccc3)c3cccc(c31)N2c1ccccc1C(C)(C)c1ccccc1. The molecule has 2 nitrogen and oxygen atoms in total. The highest BCUT2D eigenvalue weighted by molar-refractivity contribution is 7.00. The van der Waals surface area contributed by atoms with Gasteiger partial charge in [0.1, 0.15) is 0 Å². The van der Waals surface area contributed by atoms with Gasteiger partial charge in [-0.2, -0.15) is 0 Å². The average Bonchev–Trinajstić information content (AvgIpc) is 3.18. The Morgan fingerprint density at radius 3 is 1.57 bits per heavy atom. The predicted octanol–water partition coefficient (Wildman–Crippen LogP) is 10.4. The average molecular weight is 657 g/mol. The van der Waals surface area contributed by atoms with Crippen molar-refractivity contribution in [3.63, 3.8) is 0 Å². The summed E-state index contributed by atoms with van der Waals surface area (Å²) < 4.78 is 0. The van der Waals surface area contributed by atoms with Crippen molar-refractivity contribution in [2.24, 2.45) is 0 Å². The molecule has 0 unspecified atom stereocenters. The summed E-state index contributed by atoms with van der Waals surface area (Å²) in [5.41, 5.74) is 16.1. The van der Waals surface area contributed by atoms with Crippen LogP contribution < -0.4 is 26.2 Å². The van der Waals surface area contributed by atoms with Gasteiger partial charge in [0.15, 0.2) is 0 Å². The molecule has 0 amide bonds. The molecule has 7 aromatic carbocycles. The topological polar surface area (TPSA) is 6.48 Å². The van der Waals surface area contributed by atoms with Gasteiger partial charge in [-0.05, 0) is 81.1 Å². The van der Waals surface area contributed by atoms with Gasteiger partial charge >= 0.3 is 0 Å². The smallest absolute Gasteiger partial charge is 0.252 e. The summed E-state index contributed by atoms with van der Waals surface area (Å²) in [7, 11) is 0. The fraction of sp³-hybridized carbons (Fsp3) is 0.125. The number of fused-ring (bicyclic) bond motifs is 4. The van der Waals surface area contributed by atoms with Crippen LogP contribution >= 0.6 is 0 Å². The van der Waals surface area contributed by atoms with Gasteiger partial charge in [0.05, 0.1) is 5.69 Å². The quantitative estimate of drug-likeness (QED) is 0.164. The molecule has 2 aliphatic rings. The maximum absolute atomic E-state index is 2.56. The third kappa shape index (κ3) is 4.87. The molecule has 9 rings (SSSR count). The van der Waals surface area contributed by atoms with E-state index < -0.39 is 0 Å². The zero-order valence-corrected chi connectivity index (χ0v) is 29.7. The molecule has 51 heavy (non-hydrogen) atoms. The molecule has 0 aliphatic carbocycles. The molecule has 2 heterocycles. The van der Waals surface area contributed by atoms with Gasteiger partial charge in [-0.15, -0.1) is 0 Å². The van der Waals surface area contributed by atoms with E-state index >= 15 is 0 Å². The number of benzene rings is 7. The van der Waals surface area contributed by atoms with E-state index in [4.69, 9.17) is 0 Å². The van der Waals surface area contributed by atoms with Crippen LogP contribution in [0.1, 0.15) is 49.9 Å². The van der Waals surface area contributed by atoms with E-state index in [1.165, 1.54) is 72.8 Å². The van der Waals surface area contributed by atoms with Crippen molar-refractivity contribution in [2.75, 3.05) is 9.80 Å². The first-order chi connectivity index (χ1) is 24.9. The van der Waals surface area contributed by atoms with Crippen molar-refractivity contribution < 1.29 is 0 Å². The highest BCUT2D eigenvalue weighted by atomic mass is 15.2. The van der Waals surface area contributed by atoms with Gasteiger partial charge in [0, 0.05) is 39.3 Å². The number of para-hydroxylation sites is 3. The van der Waals surface area contributed by atoms with E-state index in [0.29, 0.717) is 0 Å². The van der Waals surface area contributed by atoms with Gasteiger partial charge in [0.25, 0.3) is 6.71 Å². The van der Waals surface area contributed by atoms with Crippen LogP contribution in [0.15, 0.2) is 176 Å². The standard InChI is InChI=1S/C48H41BN2/c1-47(2,34-19-8-5-9-20-34)36-31-32-43-40(33-36)49-39-26-15-17-28-42(39)50(37-23-12-7-13-24-37)44-29-18-30-45(46(44)49)51(43)41-27-16-14-25-38(41)48(3,4)35-21-10-6-11-22-35/h5-33H,1-4H3. The number of hydrogen-bond acceptors (Lipinski definition) is 2. The Hall–Kier alpha value is -5.80. The van der Waals surface area contributed by atoms with E-state index in [9.17, 15) is 0 Å². The van der Waals surface area contributed by atoms with Crippen molar-refractivity contribution in [1.82, 2.24) is 0 Å². The molecular formula is C48H41BN2. The van der Waals surface area contributed by atoms with Crippen LogP contribution in [0, 0.1) is 0 Å². The second-order valence-corrected chi connectivity index (χ2v) is 15.0. The largest absolute Gasteiger partial charge is 0.311 e. The molecule has 0 atom stereocenters. The Morgan fingerprint density at radius 1 is 0.373 bits per heavy atom. The molecule has 0 spiro atoms. The minimum absolute atomic E-state index is 0.0689. The minimum Gasteiger partial charge on any atom is -0.311 e. The molecule has 7 aromatic rings. The second-order valence-electron chi connectivity index (χ2n) is 15.0. The van der Waals surface area contributed by atoms with E-state index in [2.05, 4.69) is 213 Å². The molecule has 3 heteroatoms. The summed E-state index contributed by atoms with van der Waals surface area (Å²) >= 11 is 0. The van der Waals surface area contributed by atoms with Crippen molar-refractivity contribution in [3.8, 4) is 0 Å². The normalized spacial score (nSPS) is 13.4. The van der Waals surface area contributed by atoms with Crippen LogP contribution in [-0.4, -0.2) is 6.71 Å². The number of rotatable bonds is 6. The van der Waals surface area contributed by atoms with Crippen molar-refractivity contribution in [1.29, 1.82) is 0 Å². The fourth-order valence-electron chi connectivity index (χ4n) is 8.62. The molecule has 0 N–H and O–H groups in total. The minimum atomic E-state index is -0.235. The number of hydrogen-bond donors (Lipinski definition) is 0. The first-order valence-electron chi connectivity index (χ1n) is 18.1. The Labute approximate surface area is 302 Å². The highest BCUT2D eigenvalue weighted by Crippen LogP contribution is 2.47. The summed E-state index contributed by atoms with van der Waals surface area (Å²) in [6.45, 7) is 9.49. The van der Waals surface area contributed by atoms with Crippen LogP contribution in [0.3, 0.4) is 0 Å². The first kappa shape index (κ1) is 31.2. The molecule has 246 valence electrons. The maximum Gasteiger partial charge on any atom is 0.252 e. The van der Waals surface area contributed by atoms with Gasteiger partial charge in [-0.1, -0.05) is 161 Å². The van der Waals surface area contributed by atoms with Crippen LogP contribution in [0.5, 0.6) is 0 Å². The molecule has 0 saturated carbocycles. The third-order valence-corrected chi connectivity index (χ3v) is 11.4. The van der Waals surface area contributed by atoms with Crippen molar-refractivity contribution in [3.05, 3.63) is 198 Å². The van der Waals surface area contributed by atoms with Gasteiger partial charge in [0.2, 0.25) is 0 Å². The Kier molecular flexibility index (Phi) is 7.29. The van der Waals surface area contributed by atoms with E-state index in [1.54, 1.807) is 0 Å². The lowest BCUT2D eigenvalue weighted by molar-refractivity contribution is 0.640. The molecule has 0 aromatic heterocycles. The van der Waals surface area contributed by atoms with Crippen molar-refractivity contribution in [2.45, 2.75) is 38.5 Å². The Balaban J connectivity index is 1.34. The summed E-state index contributed by atoms with van der Waals surface area (Å²) in [5, 5.41) is 0.